The van der Waals surface area contributed by atoms with Gasteiger partial charge in [-0.3, -0.25) is 5.43 Å². The van der Waals surface area contributed by atoms with E-state index in [9.17, 15) is 4.79 Å². The zero-order chi connectivity index (χ0) is 7.98. The quantitative estimate of drug-likeness (QED) is 0.282. The molecule has 0 saturated heterocycles. The number of hydrogen-bond donors (Lipinski definition) is 3. The predicted molar refractivity (Wildman–Crippen MR) is 36.7 cm³/mol. The van der Waals surface area contributed by atoms with Gasteiger partial charge in [0.15, 0.2) is 6.04 Å². The molecule has 56 valence electrons. The Morgan fingerprint density at radius 1 is 1.90 bits per heavy atom. The molecule has 0 aliphatic carbocycles. The molecule has 0 amide bonds. The van der Waals surface area contributed by atoms with Crippen molar-refractivity contribution in [2.45, 2.75) is 6.04 Å². The second-order valence-corrected chi connectivity index (χ2v) is 1.59. The molecule has 0 saturated carbocycles. The Morgan fingerprint density at radius 3 is 2.80 bits per heavy atom. The van der Waals surface area contributed by atoms with Gasteiger partial charge >= 0.3 is 5.97 Å². The number of hydrazone groups is 1. The average molecular weight is 162 g/mol. The molecule has 0 spiro atoms. The highest BCUT2D eigenvalue weighted by atomic mass is 32.1. The maximum absolute atomic E-state index is 10.1. The lowest BCUT2D eigenvalue weighted by molar-refractivity contribution is -0.140. The number of rotatable bonds is 4. The number of carboxylic acid groups (broad SMARTS) is 1. The second-order valence-electron chi connectivity index (χ2n) is 1.41. The van der Waals surface area contributed by atoms with Crippen molar-refractivity contribution in [1.82, 2.24) is 5.43 Å². The van der Waals surface area contributed by atoms with Crippen LogP contribution in [-0.4, -0.2) is 34.0 Å². The first kappa shape index (κ1) is 9.03. The standard InChI is InChI=1S/C4H6N2O3S/c7-1-3(4(8)9)6-5-2-10/h3,6-7H,1H2,(H,8,9)/t3-/m0/s1. The first-order valence-electron chi connectivity index (χ1n) is 2.38. The molecule has 3 N–H and O–H groups in total. The van der Waals surface area contributed by atoms with E-state index in [4.69, 9.17) is 10.2 Å². The fourth-order valence-corrected chi connectivity index (χ4v) is 0.331. The molecule has 0 aromatic rings. The lowest BCUT2D eigenvalue weighted by atomic mass is 10.3. The van der Waals surface area contributed by atoms with Crippen molar-refractivity contribution in [1.29, 1.82) is 0 Å². The summed E-state index contributed by atoms with van der Waals surface area (Å²) in [5.74, 6) is -1.18. The van der Waals surface area contributed by atoms with E-state index in [1.807, 2.05) is 5.16 Å². The molecule has 0 bridgehead atoms. The Morgan fingerprint density at radius 2 is 2.50 bits per heavy atom. The summed E-state index contributed by atoms with van der Waals surface area (Å²) in [5.41, 5.74) is 2.08. The van der Waals surface area contributed by atoms with Gasteiger partial charge in [-0.1, -0.05) is 0 Å². The number of thiocarbonyl (C=S) groups is 1. The SMILES string of the molecule is O=C(O)[C@H](CO)NN=C=S. The Kier molecular flexibility index (Phi) is 4.39. The summed E-state index contributed by atoms with van der Waals surface area (Å²) in [5, 5.41) is 21.7. The molecule has 0 aromatic carbocycles. The molecule has 0 fully saturated rings. The first-order valence-corrected chi connectivity index (χ1v) is 2.79. The first-order chi connectivity index (χ1) is 4.72. The lowest BCUT2D eigenvalue weighted by Gasteiger charge is -2.04. The van der Waals surface area contributed by atoms with Crippen molar-refractivity contribution in [3.05, 3.63) is 0 Å². The number of aliphatic hydroxyl groups is 1. The van der Waals surface area contributed by atoms with Gasteiger partial charge in [0.2, 0.25) is 0 Å². The number of aliphatic hydroxyl groups excluding tert-OH is 1. The molecule has 0 aliphatic rings. The third-order valence-corrected chi connectivity index (χ3v) is 0.838. The van der Waals surface area contributed by atoms with Gasteiger partial charge < -0.3 is 10.2 Å². The minimum Gasteiger partial charge on any atom is -0.480 e. The minimum absolute atomic E-state index is 0.532. The number of hydrogen-bond acceptors (Lipinski definition) is 5. The summed E-state index contributed by atoms with van der Waals surface area (Å²) in [6.45, 7) is -0.532. The van der Waals surface area contributed by atoms with Crippen LogP contribution in [0.4, 0.5) is 0 Å². The van der Waals surface area contributed by atoms with Crippen LogP contribution in [0.2, 0.25) is 0 Å². The Balaban J connectivity index is 3.82. The van der Waals surface area contributed by atoms with E-state index in [0.717, 1.165) is 0 Å². The monoisotopic (exact) mass is 162 g/mol. The van der Waals surface area contributed by atoms with E-state index < -0.39 is 18.6 Å². The van der Waals surface area contributed by atoms with Crippen LogP contribution in [0.15, 0.2) is 5.10 Å². The van der Waals surface area contributed by atoms with Gasteiger partial charge in [0, 0.05) is 0 Å². The number of carbonyl (C=O) groups is 1. The highest BCUT2D eigenvalue weighted by Crippen LogP contribution is 1.79. The highest BCUT2D eigenvalue weighted by Gasteiger charge is 2.13. The van der Waals surface area contributed by atoms with Crippen molar-refractivity contribution < 1.29 is 15.0 Å². The predicted octanol–water partition coefficient (Wildman–Crippen LogP) is -0.961. The third kappa shape index (κ3) is 3.13. The summed E-state index contributed by atoms with van der Waals surface area (Å²) in [4.78, 5) is 10.1. The molecule has 1 atom stereocenters. The lowest BCUT2D eigenvalue weighted by Crippen LogP contribution is -2.36. The van der Waals surface area contributed by atoms with Crippen LogP contribution in [0.3, 0.4) is 0 Å². The number of carboxylic acids is 1. The molecule has 0 unspecified atom stereocenters. The molecule has 0 aliphatic heterocycles. The maximum Gasteiger partial charge on any atom is 0.330 e. The maximum atomic E-state index is 10.1. The minimum atomic E-state index is -1.18. The van der Waals surface area contributed by atoms with Crippen LogP contribution in [0.25, 0.3) is 0 Å². The Labute approximate surface area is 62.4 Å². The summed E-state index contributed by atoms with van der Waals surface area (Å²) >= 11 is 4.15. The van der Waals surface area contributed by atoms with Crippen LogP contribution < -0.4 is 5.43 Å². The topological polar surface area (TPSA) is 81.9 Å². The van der Waals surface area contributed by atoms with E-state index in [1.165, 1.54) is 0 Å². The van der Waals surface area contributed by atoms with E-state index in [1.54, 1.807) is 0 Å². The molecule has 6 heteroatoms. The zero-order valence-electron chi connectivity index (χ0n) is 4.94. The van der Waals surface area contributed by atoms with E-state index in [-0.39, 0.29) is 0 Å². The van der Waals surface area contributed by atoms with Gasteiger partial charge in [0.25, 0.3) is 0 Å². The van der Waals surface area contributed by atoms with Crippen molar-refractivity contribution in [3.8, 4) is 0 Å². The van der Waals surface area contributed by atoms with Crippen molar-refractivity contribution >= 4 is 23.3 Å². The summed E-state index contributed by atoms with van der Waals surface area (Å²) in [6, 6.07) is -1.10. The third-order valence-electron chi connectivity index (χ3n) is 0.747. The molecule has 0 radical (unpaired) electrons. The molecule has 0 rings (SSSR count). The summed E-state index contributed by atoms with van der Waals surface area (Å²) < 4.78 is 0. The normalized spacial score (nSPS) is 11.3. The van der Waals surface area contributed by atoms with Gasteiger partial charge in [-0.25, -0.2) is 4.79 Å². The molecule has 10 heavy (non-hydrogen) atoms. The fraction of sp³-hybridized carbons (Fsp3) is 0.500. The van der Waals surface area contributed by atoms with E-state index in [0.29, 0.717) is 0 Å². The van der Waals surface area contributed by atoms with Crippen LogP contribution in [0.5, 0.6) is 0 Å². The number of nitrogens with zero attached hydrogens (tertiary/aromatic N) is 1. The van der Waals surface area contributed by atoms with Crippen molar-refractivity contribution in [3.63, 3.8) is 0 Å². The van der Waals surface area contributed by atoms with Crippen molar-refractivity contribution in [2.24, 2.45) is 5.10 Å². The van der Waals surface area contributed by atoms with Gasteiger partial charge in [-0.2, -0.15) is 0 Å². The molecular weight excluding hydrogens is 156 g/mol. The highest BCUT2D eigenvalue weighted by molar-refractivity contribution is 7.78. The average Bonchev–Trinajstić information content (AvgIpc) is 1.89. The van der Waals surface area contributed by atoms with Crippen LogP contribution in [-0.2, 0) is 4.79 Å². The second kappa shape index (κ2) is 4.87. The van der Waals surface area contributed by atoms with Gasteiger partial charge in [-0.05, 0) is 12.2 Å². The Hall–Kier alpha value is -0.970. The summed E-state index contributed by atoms with van der Waals surface area (Å²) in [6.07, 6.45) is 0. The van der Waals surface area contributed by atoms with Gasteiger partial charge in [-0.15, -0.1) is 5.10 Å². The number of aliphatic carboxylic acids is 1. The number of nitrogens with one attached hydrogen (secondary N) is 1. The molecule has 0 aromatic heterocycles. The van der Waals surface area contributed by atoms with Crippen molar-refractivity contribution in [2.75, 3.05) is 6.61 Å². The van der Waals surface area contributed by atoms with Gasteiger partial charge in [0.1, 0.15) is 0 Å². The molecular formula is C4H6N2O3S. The van der Waals surface area contributed by atoms with Crippen LogP contribution in [0.1, 0.15) is 0 Å². The number of isothiocyanates is 1. The van der Waals surface area contributed by atoms with E-state index >= 15 is 0 Å². The van der Waals surface area contributed by atoms with E-state index in [2.05, 4.69) is 22.7 Å². The van der Waals surface area contributed by atoms with Crippen LogP contribution >= 0.6 is 12.2 Å². The fourth-order valence-electron chi connectivity index (χ4n) is 0.278. The molecule has 5 nitrogen and oxygen atoms in total. The largest absolute Gasteiger partial charge is 0.480 e. The summed E-state index contributed by atoms with van der Waals surface area (Å²) in [7, 11) is 0. The van der Waals surface area contributed by atoms with Gasteiger partial charge in [0.05, 0.1) is 11.8 Å². The van der Waals surface area contributed by atoms with Crippen LogP contribution in [0, 0.1) is 0 Å². The zero-order valence-corrected chi connectivity index (χ0v) is 5.76. The Bertz CT molecular complexity index is 166. The molecule has 0 heterocycles. The smallest absolute Gasteiger partial charge is 0.330 e.